The largest absolute Gasteiger partial charge is 0.497 e. The molecule has 0 saturated carbocycles. The fraction of sp³-hybridized carbons (Fsp3) is 0.571. The summed E-state index contributed by atoms with van der Waals surface area (Å²) in [4.78, 5) is 2.49. The molecule has 1 aromatic rings. The van der Waals surface area contributed by atoms with E-state index in [1.54, 1.807) is 7.11 Å². The van der Waals surface area contributed by atoms with E-state index in [2.05, 4.69) is 33.0 Å². The lowest BCUT2D eigenvalue weighted by molar-refractivity contribution is 0.180. The monoisotopic (exact) mass is 348 g/mol. The number of hydrogen-bond acceptors (Lipinski definition) is 3. The van der Waals surface area contributed by atoms with E-state index >= 15 is 0 Å². The molecule has 1 aliphatic heterocycles. The summed E-state index contributed by atoms with van der Waals surface area (Å²) in [5.74, 6) is 1.64. The predicted molar refractivity (Wildman–Crippen MR) is 85.0 cm³/mol. The highest BCUT2D eigenvalue weighted by Crippen LogP contribution is 2.25. The Hall–Kier alpha value is -0.290. The van der Waals surface area contributed by atoms with Crippen molar-refractivity contribution in [1.29, 1.82) is 0 Å². The summed E-state index contributed by atoms with van der Waals surface area (Å²) in [7, 11) is 1.71. The average Bonchev–Trinajstić information content (AvgIpc) is 2.42. The Morgan fingerprint density at radius 1 is 1.37 bits per heavy atom. The minimum atomic E-state index is 0. The Labute approximate surface area is 130 Å². The zero-order valence-corrected chi connectivity index (χ0v) is 13.7. The Bertz CT molecular complexity index is 395. The highest BCUT2D eigenvalue weighted by atomic mass is 79.9. The predicted octanol–water partition coefficient (Wildman–Crippen LogP) is 3.05. The van der Waals surface area contributed by atoms with E-state index in [0.717, 1.165) is 42.3 Å². The second-order valence-corrected chi connectivity index (χ2v) is 5.77. The highest BCUT2D eigenvalue weighted by Gasteiger charge is 2.18. The quantitative estimate of drug-likeness (QED) is 0.908. The summed E-state index contributed by atoms with van der Waals surface area (Å²) in [6, 6.07) is 6.15. The van der Waals surface area contributed by atoms with Crippen LogP contribution in [0.2, 0.25) is 0 Å². The first kappa shape index (κ1) is 16.8. The lowest BCUT2D eigenvalue weighted by Gasteiger charge is -2.31. The summed E-state index contributed by atoms with van der Waals surface area (Å²) in [6.45, 7) is 4.10. The normalized spacial score (nSPS) is 17.0. The van der Waals surface area contributed by atoms with E-state index in [4.69, 9.17) is 10.5 Å². The second-order valence-electron chi connectivity index (χ2n) is 4.91. The second kappa shape index (κ2) is 8.10. The van der Waals surface area contributed by atoms with Crippen LogP contribution in [0.3, 0.4) is 0 Å². The molecule has 3 nitrogen and oxygen atoms in total. The van der Waals surface area contributed by atoms with Crippen LogP contribution in [0.4, 0.5) is 0 Å². The van der Waals surface area contributed by atoms with Gasteiger partial charge in [0.25, 0.3) is 0 Å². The lowest BCUT2D eigenvalue weighted by Crippen LogP contribution is -2.35. The molecule has 1 heterocycles. The fourth-order valence-electron chi connectivity index (χ4n) is 2.42. The first-order chi connectivity index (χ1) is 8.72. The zero-order valence-electron chi connectivity index (χ0n) is 11.3. The van der Waals surface area contributed by atoms with Crippen molar-refractivity contribution >= 4 is 28.3 Å². The molecule has 2 rings (SSSR count). The first-order valence-corrected chi connectivity index (χ1v) is 7.27. The Balaban J connectivity index is 0.00000180. The van der Waals surface area contributed by atoms with Gasteiger partial charge in [0.15, 0.2) is 0 Å². The van der Waals surface area contributed by atoms with Crippen molar-refractivity contribution in [1.82, 2.24) is 4.90 Å². The molecule has 1 aliphatic rings. The number of hydrogen-bond donors (Lipinski definition) is 1. The van der Waals surface area contributed by atoms with Gasteiger partial charge >= 0.3 is 0 Å². The zero-order chi connectivity index (χ0) is 13.0. The molecule has 2 N–H and O–H groups in total. The highest BCUT2D eigenvalue weighted by molar-refractivity contribution is 9.10. The van der Waals surface area contributed by atoms with Gasteiger partial charge in [-0.2, -0.15) is 0 Å². The van der Waals surface area contributed by atoms with Crippen molar-refractivity contribution in [3.05, 3.63) is 28.2 Å². The minimum Gasteiger partial charge on any atom is -0.497 e. The maximum Gasteiger partial charge on any atom is 0.119 e. The maximum atomic E-state index is 5.72. The third-order valence-electron chi connectivity index (χ3n) is 3.69. The van der Waals surface area contributed by atoms with Crippen LogP contribution in [-0.4, -0.2) is 31.6 Å². The SMILES string of the molecule is COc1ccc(Br)c(CN2CCC(CN)CC2)c1.Cl. The van der Waals surface area contributed by atoms with E-state index in [0.29, 0.717) is 0 Å². The van der Waals surface area contributed by atoms with Gasteiger partial charge in [-0.1, -0.05) is 15.9 Å². The fourth-order valence-corrected chi connectivity index (χ4v) is 2.79. The summed E-state index contributed by atoms with van der Waals surface area (Å²) in [5, 5.41) is 0. The Kier molecular flexibility index (Phi) is 7.15. The molecule has 108 valence electrons. The van der Waals surface area contributed by atoms with Gasteiger partial charge in [-0.05, 0) is 62.2 Å². The summed E-state index contributed by atoms with van der Waals surface area (Å²) >= 11 is 3.61. The van der Waals surface area contributed by atoms with Crippen LogP contribution in [0, 0.1) is 5.92 Å². The number of rotatable bonds is 4. The van der Waals surface area contributed by atoms with Crippen LogP contribution in [0.5, 0.6) is 5.75 Å². The lowest BCUT2D eigenvalue weighted by atomic mass is 9.97. The van der Waals surface area contributed by atoms with Crippen LogP contribution in [-0.2, 0) is 6.54 Å². The van der Waals surface area contributed by atoms with Gasteiger partial charge in [0.2, 0.25) is 0 Å². The number of likely N-dealkylation sites (tertiary alicyclic amines) is 1. The molecule has 0 spiro atoms. The number of halogens is 2. The number of ether oxygens (including phenoxy) is 1. The number of nitrogens with two attached hydrogens (primary N) is 1. The van der Waals surface area contributed by atoms with Crippen molar-refractivity contribution in [2.24, 2.45) is 11.7 Å². The van der Waals surface area contributed by atoms with Crippen LogP contribution < -0.4 is 10.5 Å². The van der Waals surface area contributed by atoms with Crippen molar-refractivity contribution in [3.8, 4) is 5.75 Å². The van der Waals surface area contributed by atoms with Crippen molar-refractivity contribution in [2.75, 3.05) is 26.7 Å². The molecule has 0 atom stereocenters. The minimum absolute atomic E-state index is 0. The topological polar surface area (TPSA) is 38.5 Å². The van der Waals surface area contributed by atoms with Crippen molar-refractivity contribution < 1.29 is 4.74 Å². The van der Waals surface area contributed by atoms with Gasteiger partial charge in [0.05, 0.1) is 7.11 Å². The third-order valence-corrected chi connectivity index (χ3v) is 4.46. The smallest absolute Gasteiger partial charge is 0.119 e. The van der Waals surface area contributed by atoms with E-state index in [9.17, 15) is 0 Å². The molecule has 1 saturated heterocycles. The molecule has 0 aliphatic carbocycles. The van der Waals surface area contributed by atoms with Gasteiger partial charge in [-0.3, -0.25) is 4.90 Å². The van der Waals surface area contributed by atoms with Crippen molar-refractivity contribution in [3.63, 3.8) is 0 Å². The Morgan fingerprint density at radius 2 is 2.05 bits per heavy atom. The standard InChI is InChI=1S/C14H21BrN2O.ClH/c1-18-13-2-3-14(15)12(8-13)10-17-6-4-11(9-16)5-7-17;/h2-3,8,11H,4-7,9-10,16H2,1H3;1H. The molecule has 19 heavy (non-hydrogen) atoms. The molecule has 0 radical (unpaired) electrons. The van der Waals surface area contributed by atoms with Gasteiger partial charge < -0.3 is 10.5 Å². The van der Waals surface area contributed by atoms with Gasteiger partial charge in [0, 0.05) is 11.0 Å². The van der Waals surface area contributed by atoms with Crippen LogP contribution in [0.15, 0.2) is 22.7 Å². The molecule has 0 amide bonds. The summed E-state index contributed by atoms with van der Waals surface area (Å²) < 4.78 is 6.43. The van der Waals surface area contributed by atoms with Crippen LogP contribution in [0.25, 0.3) is 0 Å². The molecular formula is C14H22BrClN2O. The molecule has 1 aromatic carbocycles. The molecular weight excluding hydrogens is 328 g/mol. The molecule has 5 heteroatoms. The van der Waals surface area contributed by atoms with Gasteiger partial charge in [-0.25, -0.2) is 0 Å². The number of piperidine rings is 1. The number of nitrogens with zero attached hydrogens (tertiary/aromatic N) is 1. The Morgan fingerprint density at radius 3 is 2.63 bits per heavy atom. The average molecular weight is 350 g/mol. The number of benzene rings is 1. The van der Waals surface area contributed by atoms with Crippen LogP contribution >= 0.6 is 28.3 Å². The van der Waals surface area contributed by atoms with Crippen LogP contribution in [0.1, 0.15) is 18.4 Å². The van der Waals surface area contributed by atoms with Gasteiger partial charge in [0.1, 0.15) is 5.75 Å². The van der Waals surface area contributed by atoms with E-state index < -0.39 is 0 Å². The van der Waals surface area contributed by atoms with Gasteiger partial charge in [-0.15, -0.1) is 12.4 Å². The third kappa shape index (κ3) is 4.63. The first-order valence-electron chi connectivity index (χ1n) is 6.47. The molecule has 0 unspecified atom stereocenters. The van der Waals surface area contributed by atoms with E-state index in [-0.39, 0.29) is 12.4 Å². The summed E-state index contributed by atoms with van der Waals surface area (Å²) in [6.07, 6.45) is 2.44. The summed E-state index contributed by atoms with van der Waals surface area (Å²) in [5.41, 5.74) is 7.01. The molecule has 0 aromatic heterocycles. The maximum absolute atomic E-state index is 5.72. The van der Waals surface area contributed by atoms with E-state index in [1.807, 2.05) is 6.07 Å². The molecule has 1 fully saturated rings. The molecule has 0 bridgehead atoms. The number of methoxy groups -OCH3 is 1. The van der Waals surface area contributed by atoms with E-state index in [1.165, 1.54) is 18.4 Å². The van der Waals surface area contributed by atoms with Crippen molar-refractivity contribution in [2.45, 2.75) is 19.4 Å².